The lowest BCUT2D eigenvalue weighted by atomic mass is 9.73. The Bertz CT molecular complexity index is 1250. The quantitative estimate of drug-likeness (QED) is 0.519. The molecule has 0 saturated heterocycles. The van der Waals surface area contributed by atoms with Crippen LogP contribution in [0.5, 0.6) is 11.6 Å². The van der Waals surface area contributed by atoms with Crippen molar-refractivity contribution in [3.63, 3.8) is 0 Å². The minimum atomic E-state index is -1.62. The number of anilines is 1. The van der Waals surface area contributed by atoms with E-state index in [9.17, 15) is 14.0 Å². The molecule has 3 aromatic rings. The summed E-state index contributed by atoms with van der Waals surface area (Å²) in [5, 5.41) is 3.81. The van der Waals surface area contributed by atoms with Crippen molar-refractivity contribution in [2.75, 3.05) is 12.3 Å². The van der Waals surface area contributed by atoms with Gasteiger partial charge >= 0.3 is 0 Å². The average molecular weight is 456 g/mol. The highest BCUT2D eigenvalue weighted by Crippen LogP contribution is 2.35. The lowest BCUT2D eigenvalue weighted by Gasteiger charge is -2.33. The van der Waals surface area contributed by atoms with E-state index in [1.807, 2.05) is 0 Å². The van der Waals surface area contributed by atoms with Crippen molar-refractivity contribution >= 4 is 34.8 Å². The summed E-state index contributed by atoms with van der Waals surface area (Å²) in [5.41, 5.74) is 11.9. The van der Waals surface area contributed by atoms with E-state index in [0.717, 1.165) is 0 Å². The van der Waals surface area contributed by atoms with Gasteiger partial charge < -0.3 is 21.6 Å². The highest BCUT2D eigenvalue weighted by molar-refractivity contribution is 6.67. The monoisotopic (exact) mass is 455 g/mol. The van der Waals surface area contributed by atoms with E-state index in [4.69, 9.17) is 27.8 Å². The summed E-state index contributed by atoms with van der Waals surface area (Å²) in [5.74, 6) is -2.00. The standard InChI is InChI=1S/C20H15ClFN7O3/c21-14-12(5-7-25-17(14)23)32-13-6-8-26-19(28-13)20(10-1-3-11(22)4-2-10)9-27-29-15(16(20)30)18(24)31/h1-8,27H,9H2,(H2,23,25)(H2,24,31). The number of benzene rings is 1. The number of nitrogen functional groups attached to an aromatic ring is 1. The van der Waals surface area contributed by atoms with Crippen LogP contribution >= 0.6 is 11.6 Å². The van der Waals surface area contributed by atoms with E-state index in [-0.39, 0.29) is 34.8 Å². The van der Waals surface area contributed by atoms with Crippen LogP contribution < -0.4 is 21.6 Å². The number of nitrogens with one attached hydrogen (secondary N) is 1. The number of nitrogens with two attached hydrogens (primary N) is 2. The predicted octanol–water partition coefficient (Wildman–Crippen LogP) is 1.34. The molecule has 0 bridgehead atoms. The van der Waals surface area contributed by atoms with Gasteiger partial charge in [-0.15, -0.1) is 0 Å². The Morgan fingerprint density at radius 2 is 1.88 bits per heavy atom. The van der Waals surface area contributed by atoms with Crippen molar-refractivity contribution in [1.29, 1.82) is 0 Å². The second-order valence-corrected chi connectivity index (χ2v) is 7.11. The molecule has 0 spiro atoms. The summed E-state index contributed by atoms with van der Waals surface area (Å²) in [7, 11) is 0. The highest BCUT2D eigenvalue weighted by Gasteiger charge is 2.50. The SMILES string of the molecule is NC(=O)C1=NNCC(c2ccc(F)cc2)(c2nccc(Oc3ccnc(N)c3Cl)n2)C1=O. The normalized spacial score (nSPS) is 17.9. The van der Waals surface area contributed by atoms with Crippen LogP contribution in [0.3, 0.4) is 0 Å². The number of ether oxygens (including phenoxy) is 1. The number of Topliss-reactive ketones (excluding diaryl/α,β-unsaturated/α-hetero) is 1. The number of aromatic nitrogens is 3. The van der Waals surface area contributed by atoms with Crippen LogP contribution in [0.15, 0.2) is 53.9 Å². The zero-order valence-corrected chi connectivity index (χ0v) is 17.0. The lowest BCUT2D eigenvalue weighted by molar-refractivity contribution is -0.119. The second-order valence-electron chi connectivity index (χ2n) is 6.73. The van der Waals surface area contributed by atoms with Gasteiger partial charge in [0.25, 0.3) is 5.91 Å². The second kappa shape index (κ2) is 8.19. The van der Waals surface area contributed by atoms with Crippen LogP contribution in [0.25, 0.3) is 0 Å². The van der Waals surface area contributed by atoms with Crippen LogP contribution in [-0.4, -0.2) is 38.9 Å². The lowest BCUT2D eigenvalue weighted by Crippen LogP contribution is -2.55. The molecule has 32 heavy (non-hydrogen) atoms. The smallest absolute Gasteiger partial charge is 0.272 e. The molecule has 1 aliphatic heterocycles. The zero-order chi connectivity index (χ0) is 22.9. The van der Waals surface area contributed by atoms with Crippen molar-refractivity contribution in [3.8, 4) is 11.6 Å². The molecule has 0 aliphatic carbocycles. The number of hydrogen-bond donors (Lipinski definition) is 3. The number of rotatable bonds is 5. The van der Waals surface area contributed by atoms with Gasteiger partial charge in [-0.1, -0.05) is 23.7 Å². The van der Waals surface area contributed by atoms with Gasteiger partial charge in [0, 0.05) is 24.5 Å². The van der Waals surface area contributed by atoms with Crippen LogP contribution in [0.2, 0.25) is 5.02 Å². The number of hydrogen-bond acceptors (Lipinski definition) is 9. The van der Waals surface area contributed by atoms with E-state index in [2.05, 4.69) is 25.5 Å². The van der Waals surface area contributed by atoms with Crippen molar-refractivity contribution in [1.82, 2.24) is 20.4 Å². The molecule has 1 aromatic carbocycles. The molecule has 1 unspecified atom stereocenters. The molecule has 3 heterocycles. The molecule has 1 amide bonds. The summed E-state index contributed by atoms with van der Waals surface area (Å²) in [4.78, 5) is 37.7. The Morgan fingerprint density at radius 3 is 2.59 bits per heavy atom. The van der Waals surface area contributed by atoms with Gasteiger partial charge in [-0.05, 0) is 17.7 Å². The maximum Gasteiger partial charge on any atom is 0.272 e. The minimum Gasteiger partial charge on any atom is -0.437 e. The maximum absolute atomic E-state index is 13.6. The molecule has 1 aliphatic rings. The third kappa shape index (κ3) is 3.58. The van der Waals surface area contributed by atoms with Gasteiger partial charge in [0.15, 0.2) is 17.3 Å². The molecule has 0 saturated carbocycles. The van der Waals surface area contributed by atoms with Gasteiger partial charge in [0.2, 0.25) is 11.7 Å². The molecular weight excluding hydrogens is 441 g/mol. The Balaban J connectivity index is 1.84. The highest BCUT2D eigenvalue weighted by atomic mass is 35.5. The summed E-state index contributed by atoms with van der Waals surface area (Å²) in [6, 6.07) is 8.09. The molecule has 0 radical (unpaired) electrons. The first kappa shape index (κ1) is 21.1. The number of primary amides is 1. The predicted molar refractivity (Wildman–Crippen MR) is 113 cm³/mol. The number of carbonyl (C=O) groups is 2. The minimum absolute atomic E-state index is 0.0223. The molecule has 5 N–H and O–H groups in total. The molecule has 10 nitrogen and oxygen atoms in total. The van der Waals surface area contributed by atoms with Crippen molar-refractivity contribution in [2.45, 2.75) is 5.41 Å². The van der Waals surface area contributed by atoms with Gasteiger partial charge in [-0.25, -0.2) is 14.4 Å². The number of hydrazone groups is 1. The van der Waals surface area contributed by atoms with Crippen molar-refractivity contribution in [2.24, 2.45) is 10.8 Å². The summed E-state index contributed by atoms with van der Waals surface area (Å²) < 4.78 is 19.3. The topological polar surface area (TPSA) is 158 Å². The first-order valence-corrected chi connectivity index (χ1v) is 9.53. The van der Waals surface area contributed by atoms with E-state index in [1.165, 1.54) is 48.8 Å². The fraction of sp³-hybridized carbons (Fsp3) is 0.100. The first-order valence-electron chi connectivity index (χ1n) is 9.15. The molecule has 1 atom stereocenters. The Kier molecular flexibility index (Phi) is 5.41. The zero-order valence-electron chi connectivity index (χ0n) is 16.3. The van der Waals surface area contributed by atoms with E-state index < -0.39 is 28.6 Å². The molecule has 162 valence electrons. The average Bonchev–Trinajstić information content (AvgIpc) is 2.78. The fourth-order valence-corrected chi connectivity index (χ4v) is 3.40. The maximum atomic E-state index is 13.6. The van der Waals surface area contributed by atoms with E-state index in [0.29, 0.717) is 5.56 Å². The molecule has 2 aromatic heterocycles. The van der Waals surface area contributed by atoms with Crippen LogP contribution in [0, 0.1) is 5.82 Å². The van der Waals surface area contributed by atoms with Crippen LogP contribution in [0.4, 0.5) is 10.2 Å². The summed E-state index contributed by atoms with van der Waals surface area (Å²) in [6.45, 7) is -0.110. The van der Waals surface area contributed by atoms with Gasteiger partial charge in [0.1, 0.15) is 22.1 Å². The number of amides is 1. The molecule has 12 heteroatoms. The number of carbonyl (C=O) groups excluding carboxylic acids is 2. The van der Waals surface area contributed by atoms with Gasteiger partial charge in [-0.3, -0.25) is 9.59 Å². The molecule has 4 rings (SSSR count). The first-order chi connectivity index (χ1) is 15.3. The molecule has 0 fully saturated rings. The van der Waals surface area contributed by atoms with Crippen molar-refractivity contribution < 1.29 is 18.7 Å². The number of ketones is 1. The Labute approximate surface area is 185 Å². The third-order valence-corrected chi connectivity index (χ3v) is 5.20. The fourth-order valence-electron chi connectivity index (χ4n) is 3.25. The number of pyridine rings is 1. The van der Waals surface area contributed by atoms with Gasteiger partial charge in [-0.2, -0.15) is 10.1 Å². The molecular formula is C20H15ClFN7O3. The van der Waals surface area contributed by atoms with Gasteiger partial charge in [0.05, 0.1) is 6.54 Å². The van der Waals surface area contributed by atoms with Crippen LogP contribution in [-0.2, 0) is 15.0 Å². The summed E-state index contributed by atoms with van der Waals surface area (Å²) in [6.07, 6.45) is 2.77. The number of halogens is 2. The Morgan fingerprint density at radius 1 is 1.16 bits per heavy atom. The number of nitrogens with zero attached hydrogens (tertiary/aromatic N) is 4. The largest absolute Gasteiger partial charge is 0.437 e. The summed E-state index contributed by atoms with van der Waals surface area (Å²) >= 11 is 6.12. The van der Waals surface area contributed by atoms with E-state index in [1.54, 1.807) is 0 Å². The van der Waals surface area contributed by atoms with Crippen molar-refractivity contribution in [3.05, 3.63) is 71.0 Å². The Hall–Kier alpha value is -4.12. The third-order valence-electron chi connectivity index (χ3n) is 4.82. The van der Waals surface area contributed by atoms with E-state index >= 15 is 0 Å². The van der Waals surface area contributed by atoms with Crippen LogP contribution in [0.1, 0.15) is 11.4 Å².